The van der Waals surface area contributed by atoms with Crippen LogP contribution in [0, 0.1) is 11.8 Å². The van der Waals surface area contributed by atoms with Crippen molar-refractivity contribution in [3.63, 3.8) is 0 Å². The number of nitrogens with zero attached hydrogens (tertiary/aromatic N) is 3. The SMILES string of the molecule is C=CCC[C@H](CN1C[C@H]2CC=CC[C@H]2C1)Oc1ncccn1. The quantitative estimate of drug-likeness (QED) is 0.725. The summed E-state index contributed by atoms with van der Waals surface area (Å²) in [5, 5.41) is 0. The Morgan fingerprint density at radius 1 is 1.23 bits per heavy atom. The molecular formula is C18H25N3O. The lowest BCUT2D eigenvalue weighted by Crippen LogP contribution is -2.35. The molecule has 4 nitrogen and oxygen atoms in total. The van der Waals surface area contributed by atoms with Crippen molar-refractivity contribution < 1.29 is 4.74 Å². The van der Waals surface area contributed by atoms with Crippen LogP contribution in [-0.4, -0.2) is 40.6 Å². The van der Waals surface area contributed by atoms with E-state index < -0.39 is 0 Å². The van der Waals surface area contributed by atoms with Crippen LogP contribution in [0.25, 0.3) is 0 Å². The third kappa shape index (κ3) is 3.95. The topological polar surface area (TPSA) is 38.2 Å². The van der Waals surface area contributed by atoms with E-state index in [0.29, 0.717) is 6.01 Å². The molecule has 0 saturated carbocycles. The van der Waals surface area contributed by atoms with E-state index in [0.717, 1.165) is 31.2 Å². The first-order chi connectivity index (χ1) is 10.8. The molecule has 22 heavy (non-hydrogen) atoms. The summed E-state index contributed by atoms with van der Waals surface area (Å²) in [6.45, 7) is 7.17. The zero-order chi connectivity index (χ0) is 15.2. The lowest BCUT2D eigenvalue weighted by atomic mass is 9.86. The van der Waals surface area contributed by atoms with Crippen molar-refractivity contribution in [2.75, 3.05) is 19.6 Å². The molecule has 0 aromatic carbocycles. The van der Waals surface area contributed by atoms with Crippen molar-refractivity contribution in [1.82, 2.24) is 14.9 Å². The Hall–Kier alpha value is -1.68. The average molecular weight is 299 g/mol. The molecule has 1 fully saturated rings. The van der Waals surface area contributed by atoms with E-state index in [9.17, 15) is 0 Å². The van der Waals surface area contributed by atoms with Crippen LogP contribution in [0.4, 0.5) is 0 Å². The van der Waals surface area contributed by atoms with E-state index in [1.807, 2.05) is 12.1 Å². The highest BCUT2D eigenvalue weighted by molar-refractivity contribution is 5.00. The minimum Gasteiger partial charge on any atom is -0.459 e. The first-order valence-electron chi connectivity index (χ1n) is 8.27. The van der Waals surface area contributed by atoms with E-state index in [-0.39, 0.29) is 6.10 Å². The van der Waals surface area contributed by atoms with Crippen LogP contribution in [-0.2, 0) is 0 Å². The van der Waals surface area contributed by atoms with Crippen LogP contribution in [0.3, 0.4) is 0 Å². The second-order valence-electron chi connectivity index (χ2n) is 6.32. The number of allylic oxidation sites excluding steroid dienone is 3. The van der Waals surface area contributed by atoms with Gasteiger partial charge in [0.2, 0.25) is 0 Å². The Kier molecular flexibility index (Phi) is 5.22. The molecule has 0 radical (unpaired) electrons. The monoisotopic (exact) mass is 299 g/mol. The first kappa shape index (κ1) is 15.2. The van der Waals surface area contributed by atoms with Crippen LogP contribution in [0.1, 0.15) is 25.7 Å². The lowest BCUT2D eigenvalue weighted by Gasteiger charge is -2.23. The highest BCUT2D eigenvalue weighted by atomic mass is 16.5. The molecule has 0 bridgehead atoms. The molecule has 1 aromatic rings. The average Bonchev–Trinajstić information content (AvgIpc) is 2.96. The molecule has 0 unspecified atom stereocenters. The van der Waals surface area contributed by atoms with Crippen LogP contribution < -0.4 is 4.74 Å². The number of hydrogen-bond donors (Lipinski definition) is 0. The van der Waals surface area contributed by atoms with Gasteiger partial charge in [-0.2, -0.15) is 0 Å². The molecule has 0 N–H and O–H groups in total. The zero-order valence-corrected chi connectivity index (χ0v) is 13.1. The third-order valence-corrected chi connectivity index (χ3v) is 4.67. The Balaban J connectivity index is 1.57. The van der Waals surface area contributed by atoms with Crippen molar-refractivity contribution in [2.45, 2.75) is 31.8 Å². The standard InChI is InChI=1S/C18H25N3O/c1-2-3-9-17(22-18-19-10-6-11-20-18)14-21-12-15-7-4-5-8-16(15)13-21/h2,4-6,10-11,15-17H,1,3,7-9,12-14H2/t15-,16+,17-/m1/s1. The number of hydrogen-bond acceptors (Lipinski definition) is 4. The number of rotatable bonds is 7. The summed E-state index contributed by atoms with van der Waals surface area (Å²) in [6, 6.07) is 2.29. The molecule has 2 heterocycles. The van der Waals surface area contributed by atoms with Crippen LogP contribution in [0.5, 0.6) is 6.01 Å². The van der Waals surface area contributed by atoms with Gasteiger partial charge in [-0.1, -0.05) is 18.2 Å². The largest absolute Gasteiger partial charge is 0.459 e. The highest BCUT2D eigenvalue weighted by Gasteiger charge is 2.33. The maximum absolute atomic E-state index is 6.00. The number of likely N-dealkylation sites (tertiary alicyclic amines) is 1. The fourth-order valence-corrected chi connectivity index (χ4v) is 3.54. The van der Waals surface area contributed by atoms with Gasteiger partial charge in [-0.25, -0.2) is 9.97 Å². The maximum atomic E-state index is 6.00. The second-order valence-corrected chi connectivity index (χ2v) is 6.32. The Morgan fingerprint density at radius 3 is 2.55 bits per heavy atom. The fraction of sp³-hybridized carbons (Fsp3) is 0.556. The van der Waals surface area contributed by atoms with E-state index in [4.69, 9.17) is 4.74 Å². The summed E-state index contributed by atoms with van der Waals surface area (Å²) in [5.41, 5.74) is 0. The van der Waals surface area contributed by atoms with Gasteiger partial charge in [0.25, 0.3) is 0 Å². The molecular weight excluding hydrogens is 274 g/mol. The smallest absolute Gasteiger partial charge is 0.316 e. The Morgan fingerprint density at radius 2 is 1.91 bits per heavy atom. The van der Waals surface area contributed by atoms with Gasteiger partial charge in [-0.05, 0) is 43.6 Å². The summed E-state index contributed by atoms with van der Waals surface area (Å²) in [5.74, 6) is 1.66. The molecule has 0 spiro atoms. The maximum Gasteiger partial charge on any atom is 0.316 e. The van der Waals surface area contributed by atoms with E-state index in [1.165, 1.54) is 25.9 Å². The number of aromatic nitrogens is 2. The van der Waals surface area contributed by atoms with E-state index in [2.05, 4.69) is 33.6 Å². The molecule has 1 aliphatic heterocycles. The molecule has 1 aromatic heterocycles. The molecule has 0 amide bonds. The van der Waals surface area contributed by atoms with Gasteiger partial charge >= 0.3 is 6.01 Å². The van der Waals surface area contributed by atoms with Crippen LogP contribution >= 0.6 is 0 Å². The molecule has 3 atom stereocenters. The summed E-state index contributed by atoms with van der Waals surface area (Å²) < 4.78 is 6.00. The minimum atomic E-state index is 0.133. The van der Waals surface area contributed by atoms with Gasteiger partial charge in [-0.3, -0.25) is 4.90 Å². The summed E-state index contributed by atoms with van der Waals surface area (Å²) in [6.07, 6.45) is 14.6. The van der Waals surface area contributed by atoms with Crippen molar-refractivity contribution in [1.29, 1.82) is 0 Å². The van der Waals surface area contributed by atoms with E-state index >= 15 is 0 Å². The van der Waals surface area contributed by atoms with Crippen molar-refractivity contribution in [2.24, 2.45) is 11.8 Å². The van der Waals surface area contributed by atoms with Crippen molar-refractivity contribution >= 4 is 0 Å². The third-order valence-electron chi connectivity index (χ3n) is 4.67. The van der Waals surface area contributed by atoms with E-state index in [1.54, 1.807) is 12.4 Å². The summed E-state index contributed by atoms with van der Waals surface area (Å²) in [4.78, 5) is 10.9. The lowest BCUT2D eigenvalue weighted by molar-refractivity contribution is 0.126. The minimum absolute atomic E-state index is 0.133. The molecule has 1 aliphatic carbocycles. The van der Waals surface area contributed by atoms with Gasteiger partial charge in [0.15, 0.2) is 0 Å². The fourth-order valence-electron chi connectivity index (χ4n) is 3.54. The second kappa shape index (κ2) is 7.54. The predicted molar refractivity (Wildman–Crippen MR) is 87.7 cm³/mol. The van der Waals surface area contributed by atoms with Gasteiger partial charge < -0.3 is 4.74 Å². The van der Waals surface area contributed by atoms with Crippen molar-refractivity contribution in [3.8, 4) is 6.01 Å². The van der Waals surface area contributed by atoms with Gasteiger partial charge in [0, 0.05) is 32.0 Å². The highest BCUT2D eigenvalue weighted by Crippen LogP contribution is 2.33. The number of fused-ring (bicyclic) bond motifs is 1. The zero-order valence-electron chi connectivity index (χ0n) is 13.1. The predicted octanol–water partition coefficient (Wildman–Crippen LogP) is 3.09. The molecule has 2 aliphatic rings. The Labute approximate surface area is 132 Å². The van der Waals surface area contributed by atoms with Crippen LogP contribution in [0.2, 0.25) is 0 Å². The first-order valence-corrected chi connectivity index (χ1v) is 8.27. The van der Waals surface area contributed by atoms with Crippen molar-refractivity contribution in [3.05, 3.63) is 43.3 Å². The summed E-state index contributed by atoms with van der Waals surface area (Å²) >= 11 is 0. The molecule has 4 heteroatoms. The number of ether oxygens (including phenoxy) is 1. The van der Waals surface area contributed by atoms with Crippen LogP contribution in [0.15, 0.2) is 43.3 Å². The molecule has 3 rings (SSSR count). The normalized spacial score (nSPS) is 25.6. The summed E-state index contributed by atoms with van der Waals surface area (Å²) in [7, 11) is 0. The molecule has 118 valence electrons. The molecule has 1 saturated heterocycles. The van der Waals surface area contributed by atoms with Gasteiger partial charge in [0.1, 0.15) is 6.10 Å². The van der Waals surface area contributed by atoms with Gasteiger partial charge in [0.05, 0.1) is 0 Å². The Bertz CT molecular complexity index is 486. The van der Waals surface area contributed by atoms with Gasteiger partial charge in [-0.15, -0.1) is 6.58 Å².